The number of nitrogens with zero attached hydrogens (tertiary/aromatic N) is 4. The van der Waals surface area contributed by atoms with Crippen molar-refractivity contribution in [3.63, 3.8) is 0 Å². The van der Waals surface area contributed by atoms with Gasteiger partial charge in [-0.1, -0.05) is 13.0 Å². The molecule has 170 valence electrons. The third-order valence-electron chi connectivity index (χ3n) is 5.77. The second-order valence-corrected chi connectivity index (χ2v) is 8.20. The van der Waals surface area contributed by atoms with Crippen LogP contribution in [-0.4, -0.2) is 90.9 Å². The molecule has 0 amide bonds. The minimum atomic E-state index is -0.526. The molecule has 1 aliphatic heterocycles. The summed E-state index contributed by atoms with van der Waals surface area (Å²) in [5.74, 6) is 1.52. The summed E-state index contributed by atoms with van der Waals surface area (Å²) in [6, 6.07) is 10.0. The SMILES string of the molecule is CCN(Cc1ccncc1)Cc1ccc(OC)cc1OCC(O)CN1CCN(C)CC1. The first-order valence-corrected chi connectivity index (χ1v) is 11.1. The van der Waals surface area contributed by atoms with E-state index in [0.29, 0.717) is 6.54 Å². The van der Waals surface area contributed by atoms with Crippen LogP contribution in [0.4, 0.5) is 0 Å². The highest BCUT2D eigenvalue weighted by Crippen LogP contribution is 2.27. The molecule has 1 aromatic carbocycles. The Hall–Kier alpha value is -2.19. The van der Waals surface area contributed by atoms with Crippen molar-refractivity contribution >= 4 is 0 Å². The van der Waals surface area contributed by atoms with Crippen LogP contribution in [0.3, 0.4) is 0 Å². The molecule has 3 rings (SSSR count). The average molecular weight is 429 g/mol. The smallest absolute Gasteiger partial charge is 0.127 e. The number of aliphatic hydroxyl groups is 1. The fourth-order valence-corrected chi connectivity index (χ4v) is 3.76. The maximum atomic E-state index is 10.5. The van der Waals surface area contributed by atoms with Crippen LogP contribution in [0.1, 0.15) is 18.1 Å². The van der Waals surface area contributed by atoms with E-state index in [2.05, 4.69) is 39.7 Å². The number of likely N-dealkylation sites (N-methyl/N-ethyl adjacent to an activating group) is 1. The number of ether oxygens (including phenoxy) is 2. The zero-order chi connectivity index (χ0) is 22.1. The molecule has 2 heterocycles. The molecule has 0 saturated carbocycles. The number of aliphatic hydroxyl groups excluding tert-OH is 1. The summed E-state index contributed by atoms with van der Waals surface area (Å²) in [6.07, 6.45) is 3.13. The largest absolute Gasteiger partial charge is 0.497 e. The quantitative estimate of drug-likeness (QED) is 0.588. The molecule has 1 N–H and O–H groups in total. The van der Waals surface area contributed by atoms with Crippen LogP contribution in [0.5, 0.6) is 11.5 Å². The first kappa shape index (κ1) is 23.5. The predicted molar refractivity (Wildman–Crippen MR) is 122 cm³/mol. The molecule has 1 fully saturated rings. The minimum absolute atomic E-state index is 0.267. The molecule has 0 bridgehead atoms. The Labute approximate surface area is 186 Å². The fourth-order valence-electron chi connectivity index (χ4n) is 3.76. The van der Waals surface area contributed by atoms with E-state index in [0.717, 1.165) is 62.9 Å². The Morgan fingerprint density at radius 2 is 1.84 bits per heavy atom. The summed E-state index contributed by atoms with van der Waals surface area (Å²) in [6.45, 7) is 9.63. The van der Waals surface area contributed by atoms with Crippen molar-refractivity contribution in [3.05, 3.63) is 53.9 Å². The Kier molecular flexibility index (Phi) is 9.09. The van der Waals surface area contributed by atoms with Gasteiger partial charge in [0.1, 0.15) is 24.2 Å². The zero-order valence-electron chi connectivity index (χ0n) is 19.0. The van der Waals surface area contributed by atoms with Crippen LogP contribution >= 0.6 is 0 Å². The van der Waals surface area contributed by atoms with Crippen molar-refractivity contribution in [2.75, 3.05) is 60.0 Å². The summed E-state index contributed by atoms with van der Waals surface area (Å²) in [5.41, 5.74) is 2.32. The number of hydrogen-bond acceptors (Lipinski definition) is 7. The van der Waals surface area contributed by atoms with E-state index in [4.69, 9.17) is 9.47 Å². The van der Waals surface area contributed by atoms with Crippen molar-refractivity contribution in [1.29, 1.82) is 0 Å². The van der Waals surface area contributed by atoms with Gasteiger partial charge >= 0.3 is 0 Å². The molecule has 1 unspecified atom stereocenters. The number of pyridine rings is 1. The Bertz CT molecular complexity index is 782. The average Bonchev–Trinajstić information content (AvgIpc) is 2.80. The number of β-amino-alcohol motifs (C(OH)–C–C–N with tert-alkyl or cyclic N) is 1. The highest BCUT2D eigenvalue weighted by molar-refractivity contribution is 5.40. The van der Waals surface area contributed by atoms with Gasteiger partial charge in [0.05, 0.1) is 7.11 Å². The first-order valence-electron chi connectivity index (χ1n) is 11.1. The molecule has 0 radical (unpaired) electrons. The lowest BCUT2D eigenvalue weighted by Crippen LogP contribution is -2.47. The van der Waals surface area contributed by atoms with Crippen LogP contribution in [0.15, 0.2) is 42.7 Å². The molecular formula is C24H36N4O3. The van der Waals surface area contributed by atoms with E-state index in [1.54, 1.807) is 7.11 Å². The van der Waals surface area contributed by atoms with Gasteiger partial charge in [0.15, 0.2) is 0 Å². The van der Waals surface area contributed by atoms with E-state index in [1.807, 2.05) is 36.7 Å². The lowest BCUT2D eigenvalue weighted by molar-refractivity contribution is 0.0499. The molecular weight excluding hydrogens is 392 g/mol. The molecule has 1 atom stereocenters. The second kappa shape index (κ2) is 12.0. The van der Waals surface area contributed by atoms with Gasteiger partial charge in [-0.05, 0) is 37.4 Å². The van der Waals surface area contributed by atoms with Gasteiger partial charge < -0.3 is 19.5 Å². The van der Waals surface area contributed by atoms with Crippen molar-refractivity contribution in [2.24, 2.45) is 0 Å². The molecule has 1 aromatic heterocycles. The van der Waals surface area contributed by atoms with Gasteiger partial charge in [-0.25, -0.2) is 0 Å². The van der Waals surface area contributed by atoms with Gasteiger partial charge in [-0.15, -0.1) is 0 Å². The molecule has 1 aliphatic rings. The van der Waals surface area contributed by atoms with Crippen LogP contribution in [0.2, 0.25) is 0 Å². The fraction of sp³-hybridized carbons (Fsp3) is 0.542. The minimum Gasteiger partial charge on any atom is -0.497 e. The summed E-state index contributed by atoms with van der Waals surface area (Å²) in [5, 5.41) is 10.5. The summed E-state index contributed by atoms with van der Waals surface area (Å²) in [7, 11) is 3.79. The van der Waals surface area contributed by atoms with Crippen molar-refractivity contribution in [3.8, 4) is 11.5 Å². The standard InChI is InChI=1S/C24H36N4O3/c1-4-27(16-20-7-9-25-10-8-20)17-21-5-6-23(30-3)15-24(21)31-19-22(29)18-28-13-11-26(2)12-14-28/h5-10,15,22,29H,4,11-14,16-19H2,1-3H3. The highest BCUT2D eigenvalue weighted by atomic mass is 16.5. The topological polar surface area (TPSA) is 61.3 Å². The lowest BCUT2D eigenvalue weighted by Gasteiger charge is -2.33. The van der Waals surface area contributed by atoms with E-state index in [1.165, 1.54) is 5.56 Å². The molecule has 7 nitrogen and oxygen atoms in total. The maximum Gasteiger partial charge on any atom is 0.127 e. The van der Waals surface area contributed by atoms with E-state index in [9.17, 15) is 5.11 Å². The van der Waals surface area contributed by atoms with Gasteiger partial charge in [0.25, 0.3) is 0 Å². The number of hydrogen-bond donors (Lipinski definition) is 1. The van der Waals surface area contributed by atoms with Crippen molar-refractivity contribution in [2.45, 2.75) is 26.1 Å². The van der Waals surface area contributed by atoms with Gasteiger partial charge in [-0.2, -0.15) is 0 Å². The first-order chi connectivity index (χ1) is 15.1. The third-order valence-corrected chi connectivity index (χ3v) is 5.77. The van der Waals surface area contributed by atoms with Gasteiger partial charge in [0, 0.05) is 69.8 Å². The van der Waals surface area contributed by atoms with Crippen LogP contribution in [0, 0.1) is 0 Å². The van der Waals surface area contributed by atoms with E-state index >= 15 is 0 Å². The number of benzene rings is 1. The maximum absolute atomic E-state index is 10.5. The van der Waals surface area contributed by atoms with E-state index in [-0.39, 0.29) is 6.61 Å². The molecule has 0 spiro atoms. The number of piperazine rings is 1. The molecule has 0 aliphatic carbocycles. The molecule has 7 heteroatoms. The van der Waals surface area contributed by atoms with Crippen molar-refractivity contribution < 1.29 is 14.6 Å². The van der Waals surface area contributed by atoms with E-state index < -0.39 is 6.10 Å². The summed E-state index contributed by atoms with van der Waals surface area (Å²) < 4.78 is 11.5. The number of aromatic nitrogens is 1. The predicted octanol–water partition coefficient (Wildman–Crippen LogP) is 2.10. The Morgan fingerprint density at radius 3 is 2.52 bits per heavy atom. The monoisotopic (exact) mass is 428 g/mol. The summed E-state index contributed by atoms with van der Waals surface area (Å²) >= 11 is 0. The number of methoxy groups -OCH3 is 1. The van der Waals surface area contributed by atoms with Crippen molar-refractivity contribution in [1.82, 2.24) is 19.7 Å². The lowest BCUT2D eigenvalue weighted by atomic mass is 10.1. The highest BCUT2D eigenvalue weighted by Gasteiger charge is 2.18. The molecule has 2 aromatic rings. The van der Waals surface area contributed by atoms with Crippen LogP contribution < -0.4 is 9.47 Å². The normalized spacial score (nSPS) is 16.4. The number of rotatable bonds is 11. The van der Waals surface area contributed by atoms with Crippen LogP contribution in [0.25, 0.3) is 0 Å². The molecule has 1 saturated heterocycles. The summed E-state index contributed by atoms with van der Waals surface area (Å²) in [4.78, 5) is 11.1. The van der Waals surface area contributed by atoms with Gasteiger partial charge in [-0.3, -0.25) is 14.8 Å². The second-order valence-electron chi connectivity index (χ2n) is 8.20. The third kappa shape index (κ3) is 7.47. The van der Waals surface area contributed by atoms with Crippen LogP contribution in [-0.2, 0) is 13.1 Å². The van der Waals surface area contributed by atoms with Gasteiger partial charge in [0.2, 0.25) is 0 Å². The molecule has 31 heavy (non-hydrogen) atoms. The Morgan fingerprint density at radius 1 is 1.10 bits per heavy atom. The Balaban J connectivity index is 1.60. The zero-order valence-corrected chi connectivity index (χ0v) is 19.0.